The number of nitrogens with zero attached hydrogens (tertiary/aromatic N) is 3. The van der Waals surface area contributed by atoms with E-state index in [-0.39, 0.29) is 5.56 Å². The fourth-order valence-electron chi connectivity index (χ4n) is 3.84. The first-order valence-corrected chi connectivity index (χ1v) is 9.98. The topological polar surface area (TPSA) is 105 Å². The minimum Gasteiger partial charge on any atom is -0.326 e. The van der Waals surface area contributed by atoms with Gasteiger partial charge in [0.2, 0.25) is 5.95 Å². The van der Waals surface area contributed by atoms with Crippen molar-refractivity contribution in [3.63, 3.8) is 0 Å². The summed E-state index contributed by atoms with van der Waals surface area (Å²) in [7, 11) is 0. The van der Waals surface area contributed by atoms with Crippen LogP contribution >= 0.6 is 0 Å². The molecular formula is C26H19N5O. The van der Waals surface area contributed by atoms with Gasteiger partial charge < -0.3 is 5.32 Å². The average Bonchev–Trinajstić information content (AvgIpc) is 2.78. The van der Waals surface area contributed by atoms with Crippen LogP contribution in [0.5, 0.6) is 0 Å². The Kier molecular flexibility index (Phi) is 5.53. The van der Waals surface area contributed by atoms with Crippen LogP contribution in [0.3, 0.4) is 0 Å². The number of benzene rings is 3. The Bertz CT molecular complexity index is 1480. The number of H-pyrrole nitrogens is 1. The minimum atomic E-state index is -0.239. The van der Waals surface area contributed by atoms with E-state index >= 15 is 0 Å². The first kappa shape index (κ1) is 20.6. The Hall–Kier alpha value is -4.68. The van der Waals surface area contributed by atoms with Gasteiger partial charge in [0.1, 0.15) is 0 Å². The largest absolute Gasteiger partial charge is 0.326 e. The van der Waals surface area contributed by atoms with E-state index < -0.39 is 0 Å². The molecule has 2 N–H and O–H groups in total. The number of nitrogens with one attached hydrogen (secondary N) is 2. The molecule has 0 fully saturated rings. The van der Waals surface area contributed by atoms with Crippen LogP contribution in [0, 0.1) is 36.5 Å². The van der Waals surface area contributed by atoms with Gasteiger partial charge in [-0.15, -0.1) is 0 Å². The van der Waals surface area contributed by atoms with E-state index in [0.717, 1.165) is 27.8 Å². The molecule has 1 heterocycles. The molecule has 0 unspecified atom stereocenters. The monoisotopic (exact) mass is 417 g/mol. The van der Waals surface area contributed by atoms with Gasteiger partial charge in [-0.3, -0.25) is 9.78 Å². The van der Waals surface area contributed by atoms with Gasteiger partial charge in [0.15, 0.2) is 0 Å². The van der Waals surface area contributed by atoms with Crippen molar-refractivity contribution >= 4 is 28.6 Å². The highest BCUT2D eigenvalue weighted by molar-refractivity contribution is 5.95. The Balaban J connectivity index is 1.84. The van der Waals surface area contributed by atoms with Gasteiger partial charge in [0.05, 0.1) is 28.6 Å². The molecule has 0 saturated carbocycles. The second kappa shape index (κ2) is 8.59. The molecule has 3 aromatic carbocycles. The first-order chi connectivity index (χ1) is 15.5. The van der Waals surface area contributed by atoms with Crippen molar-refractivity contribution in [2.75, 3.05) is 5.32 Å². The summed E-state index contributed by atoms with van der Waals surface area (Å²) in [5.41, 5.74) is 6.49. The number of hydrogen-bond acceptors (Lipinski definition) is 5. The lowest BCUT2D eigenvalue weighted by atomic mass is 9.92. The van der Waals surface area contributed by atoms with E-state index in [9.17, 15) is 4.79 Å². The smallest absolute Gasteiger partial charge is 0.260 e. The summed E-state index contributed by atoms with van der Waals surface area (Å²) in [5, 5.41) is 21.4. The van der Waals surface area contributed by atoms with Crippen LogP contribution in [-0.4, -0.2) is 9.97 Å². The number of aromatic nitrogens is 2. The Morgan fingerprint density at radius 2 is 1.75 bits per heavy atom. The van der Waals surface area contributed by atoms with Gasteiger partial charge in [-0.25, -0.2) is 4.98 Å². The van der Waals surface area contributed by atoms with E-state index in [1.165, 1.54) is 6.08 Å². The van der Waals surface area contributed by atoms with Crippen molar-refractivity contribution in [1.29, 1.82) is 10.5 Å². The fraction of sp³-hybridized carbons (Fsp3) is 0.0769. The third kappa shape index (κ3) is 3.98. The lowest BCUT2D eigenvalue weighted by molar-refractivity contribution is 1.17. The van der Waals surface area contributed by atoms with Crippen LogP contribution < -0.4 is 10.9 Å². The van der Waals surface area contributed by atoms with Crippen molar-refractivity contribution in [2.45, 2.75) is 13.8 Å². The summed E-state index contributed by atoms with van der Waals surface area (Å²) in [6, 6.07) is 20.6. The SMILES string of the molecule is Cc1cc(C=CC#N)cc(C)c1-c1cccc2c(=O)[nH]c(Nc3ccc(C#N)cc3)nc12. The number of para-hydroxylation sites is 1. The first-order valence-electron chi connectivity index (χ1n) is 9.98. The van der Waals surface area contributed by atoms with Crippen LogP contribution in [0.2, 0.25) is 0 Å². The van der Waals surface area contributed by atoms with Crippen molar-refractivity contribution in [3.05, 3.63) is 93.3 Å². The molecule has 6 nitrogen and oxygen atoms in total. The van der Waals surface area contributed by atoms with Gasteiger partial charge in [-0.1, -0.05) is 24.3 Å². The van der Waals surface area contributed by atoms with E-state index in [0.29, 0.717) is 28.1 Å². The summed E-state index contributed by atoms with van der Waals surface area (Å²) < 4.78 is 0. The molecule has 0 atom stereocenters. The molecule has 6 heteroatoms. The number of anilines is 2. The third-order valence-corrected chi connectivity index (χ3v) is 5.19. The molecule has 0 saturated heterocycles. The van der Waals surface area contributed by atoms with Crippen LogP contribution in [0.15, 0.2) is 65.5 Å². The van der Waals surface area contributed by atoms with Crippen LogP contribution in [0.25, 0.3) is 28.1 Å². The quantitative estimate of drug-likeness (QED) is 0.435. The number of allylic oxidation sites excluding steroid dienone is 1. The molecule has 0 aliphatic heterocycles. The molecule has 0 aliphatic rings. The lowest BCUT2D eigenvalue weighted by Crippen LogP contribution is -2.12. The highest BCUT2D eigenvalue weighted by atomic mass is 16.1. The molecule has 154 valence electrons. The standard InChI is InChI=1S/C26H19N5O/c1-16-13-19(5-4-12-27)14-17(2)23(16)21-6-3-7-22-24(21)30-26(31-25(22)32)29-20-10-8-18(15-28)9-11-20/h3-11,13-14H,1-2H3,(H2,29,30,31,32). The molecular weight excluding hydrogens is 398 g/mol. The summed E-state index contributed by atoms with van der Waals surface area (Å²) in [5.74, 6) is 0.323. The molecule has 0 aliphatic carbocycles. The van der Waals surface area contributed by atoms with Gasteiger partial charge in [-0.05, 0) is 72.5 Å². The van der Waals surface area contributed by atoms with Crippen LogP contribution in [0.4, 0.5) is 11.6 Å². The maximum atomic E-state index is 12.8. The number of hydrogen-bond donors (Lipinski definition) is 2. The normalized spacial score (nSPS) is 10.8. The summed E-state index contributed by atoms with van der Waals surface area (Å²) in [4.78, 5) is 20.3. The fourth-order valence-corrected chi connectivity index (χ4v) is 3.84. The molecule has 1 aromatic heterocycles. The van der Waals surface area contributed by atoms with Crippen LogP contribution in [-0.2, 0) is 0 Å². The maximum absolute atomic E-state index is 12.8. The van der Waals surface area contributed by atoms with E-state index in [1.807, 2.05) is 44.2 Å². The molecule has 0 bridgehead atoms. The highest BCUT2D eigenvalue weighted by Crippen LogP contribution is 2.33. The summed E-state index contributed by atoms with van der Waals surface area (Å²) in [6.07, 6.45) is 3.23. The molecule has 0 amide bonds. The average molecular weight is 417 g/mol. The Morgan fingerprint density at radius 1 is 1.03 bits per heavy atom. The van der Waals surface area contributed by atoms with Crippen molar-refractivity contribution in [1.82, 2.24) is 9.97 Å². The molecule has 0 radical (unpaired) electrons. The second-order valence-electron chi connectivity index (χ2n) is 7.42. The van der Waals surface area contributed by atoms with Crippen molar-refractivity contribution < 1.29 is 0 Å². The predicted molar refractivity (Wildman–Crippen MR) is 126 cm³/mol. The minimum absolute atomic E-state index is 0.239. The zero-order valence-corrected chi connectivity index (χ0v) is 17.6. The number of rotatable bonds is 4. The number of nitriles is 2. The van der Waals surface area contributed by atoms with Gasteiger partial charge in [0.25, 0.3) is 5.56 Å². The maximum Gasteiger partial charge on any atom is 0.260 e. The lowest BCUT2D eigenvalue weighted by Gasteiger charge is -2.14. The predicted octanol–water partition coefficient (Wildman–Crippen LogP) is 5.36. The van der Waals surface area contributed by atoms with Crippen molar-refractivity contribution in [2.24, 2.45) is 0 Å². The Labute approximate surface area is 185 Å². The number of aryl methyl sites for hydroxylation is 2. The third-order valence-electron chi connectivity index (χ3n) is 5.19. The van der Waals surface area contributed by atoms with E-state index in [4.69, 9.17) is 15.5 Å². The zero-order valence-electron chi connectivity index (χ0n) is 17.6. The second-order valence-corrected chi connectivity index (χ2v) is 7.42. The van der Waals surface area contributed by atoms with E-state index in [2.05, 4.69) is 16.4 Å². The molecule has 0 spiro atoms. The molecule has 4 aromatic rings. The van der Waals surface area contributed by atoms with Crippen LogP contribution in [0.1, 0.15) is 22.3 Å². The zero-order chi connectivity index (χ0) is 22.7. The Morgan fingerprint density at radius 3 is 2.41 bits per heavy atom. The van der Waals surface area contributed by atoms with E-state index in [1.54, 1.807) is 36.4 Å². The van der Waals surface area contributed by atoms with Gasteiger partial charge in [-0.2, -0.15) is 10.5 Å². The van der Waals surface area contributed by atoms with Gasteiger partial charge in [0, 0.05) is 17.3 Å². The number of aromatic amines is 1. The summed E-state index contributed by atoms with van der Waals surface area (Å²) >= 11 is 0. The number of fused-ring (bicyclic) bond motifs is 1. The highest BCUT2D eigenvalue weighted by Gasteiger charge is 2.14. The molecule has 4 rings (SSSR count). The summed E-state index contributed by atoms with van der Waals surface area (Å²) in [6.45, 7) is 4.02. The van der Waals surface area contributed by atoms with Crippen molar-refractivity contribution in [3.8, 4) is 23.3 Å². The van der Waals surface area contributed by atoms with Gasteiger partial charge >= 0.3 is 0 Å². The molecule has 32 heavy (non-hydrogen) atoms.